The Kier molecular flexibility index (Phi) is 4.63. The molecule has 4 heteroatoms. The standard InChI is InChI=1S/C13H20ClN3/c1-10-13(14)12(5-8-16-10)17-7-4-11-3-2-6-15-9-11/h5,8,11,15H,2-4,6-7,9H2,1H3,(H,16,17). The van der Waals surface area contributed by atoms with Gasteiger partial charge in [0.05, 0.1) is 16.4 Å². The average molecular weight is 254 g/mol. The summed E-state index contributed by atoms with van der Waals surface area (Å²) in [7, 11) is 0. The molecule has 0 radical (unpaired) electrons. The summed E-state index contributed by atoms with van der Waals surface area (Å²) in [5.74, 6) is 0.804. The average Bonchev–Trinajstić information content (AvgIpc) is 2.36. The molecule has 2 rings (SSSR count). The van der Waals surface area contributed by atoms with Gasteiger partial charge in [0.15, 0.2) is 0 Å². The molecule has 1 aliphatic heterocycles. The van der Waals surface area contributed by atoms with Crippen molar-refractivity contribution >= 4 is 17.3 Å². The maximum absolute atomic E-state index is 6.18. The second-order valence-corrected chi connectivity index (χ2v) is 5.06. The van der Waals surface area contributed by atoms with Gasteiger partial charge in [-0.1, -0.05) is 11.6 Å². The van der Waals surface area contributed by atoms with Crippen molar-refractivity contribution in [2.75, 3.05) is 25.0 Å². The molecule has 1 unspecified atom stereocenters. The summed E-state index contributed by atoms with van der Waals surface area (Å²) in [5, 5.41) is 7.59. The fraction of sp³-hybridized carbons (Fsp3) is 0.615. The van der Waals surface area contributed by atoms with Crippen LogP contribution >= 0.6 is 11.6 Å². The largest absolute Gasteiger partial charge is 0.384 e. The van der Waals surface area contributed by atoms with Crippen LogP contribution in [0.2, 0.25) is 5.02 Å². The number of nitrogens with zero attached hydrogens (tertiary/aromatic N) is 1. The van der Waals surface area contributed by atoms with E-state index in [0.717, 1.165) is 35.4 Å². The monoisotopic (exact) mass is 253 g/mol. The number of piperidine rings is 1. The molecule has 1 atom stereocenters. The van der Waals surface area contributed by atoms with Crippen LogP contribution in [0, 0.1) is 12.8 Å². The molecule has 3 nitrogen and oxygen atoms in total. The lowest BCUT2D eigenvalue weighted by molar-refractivity contribution is 0.364. The molecular formula is C13H20ClN3. The highest BCUT2D eigenvalue weighted by atomic mass is 35.5. The van der Waals surface area contributed by atoms with Crippen molar-refractivity contribution in [3.05, 3.63) is 23.0 Å². The number of halogens is 1. The molecule has 1 aliphatic rings. The van der Waals surface area contributed by atoms with Gasteiger partial charge >= 0.3 is 0 Å². The number of pyridine rings is 1. The molecule has 1 fully saturated rings. The number of nitrogens with one attached hydrogen (secondary N) is 2. The van der Waals surface area contributed by atoms with Gasteiger partial charge in [0.2, 0.25) is 0 Å². The molecule has 0 amide bonds. The Morgan fingerprint density at radius 3 is 3.24 bits per heavy atom. The summed E-state index contributed by atoms with van der Waals surface area (Å²) < 4.78 is 0. The van der Waals surface area contributed by atoms with Gasteiger partial charge in [0, 0.05) is 12.7 Å². The molecule has 1 aromatic rings. The molecular weight excluding hydrogens is 234 g/mol. The Hall–Kier alpha value is -0.800. The van der Waals surface area contributed by atoms with E-state index in [9.17, 15) is 0 Å². The van der Waals surface area contributed by atoms with Gasteiger partial charge in [0.1, 0.15) is 0 Å². The first-order valence-electron chi connectivity index (χ1n) is 6.33. The van der Waals surface area contributed by atoms with E-state index in [1.807, 2.05) is 13.0 Å². The second kappa shape index (κ2) is 6.22. The summed E-state index contributed by atoms with van der Waals surface area (Å²) in [4.78, 5) is 4.16. The van der Waals surface area contributed by atoms with E-state index in [1.54, 1.807) is 6.20 Å². The summed E-state index contributed by atoms with van der Waals surface area (Å²) in [6.07, 6.45) is 5.65. The second-order valence-electron chi connectivity index (χ2n) is 4.69. The van der Waals surface area contributed by atoms with Crippen molar-refractivity contribution in [2.24, 2.45) is 5.92 Å². The van der Waals surface area contributed by atoms with Gasteiger partial charge in [-0.05, 0) is 51.3 Å². The highest BCUT2D eigenvalue weighted by Gasteiger charge is 2.12. The fourth-order valence-corrected chi connectivity index (χ4v) is 2.44. The number of hydrogen-bond donors (Lipinski definition) is 2. The predicted octanol–water partition coefficient (Wildman–Crippen LogP) is 2.85. The van der Waals surface area contributed by atoms with E-state index in [-0.39, 0.29) is 0 Å². The molecule has 17 heavy (non-hydrogen) atoms. The predicted molar refractivity (Wildman–Crippen MR) is 72.7 cm³/mol. The number of hydrogen-bond acceptors (Lipinski definition) is 3. The van der Waals surface area contributed by atoms with Crippen LogP contribution in [0.1, 0.15) is 25.0 Å². The third kappa shape index (κ3) is 3.58. The first-order valence-corrected chi connectivity index (χ1v) is 6.71. The highest BCUT2D eigenvalue weighted by molar-refractivity contribution is 6.33. The zero-order chi connectivity index (χ0) is 12.1. The van der Waals surface area contributed by atoms with Crippen molar-refractivity contribution in [3.63, 3.8) is 0 Å². The van der Waals surface area contributed by atoms with Crippen LogP contribution in [-0.4, -0.2) is 24.6 Å². The fourth-order valence-electron chi connectivity index (χ4n) is 2.27. The van der Waals surface area contributed by atoms with Crippen LogP contribution in [0.15, 0.2) is 12.3 Å². The molecule has 2 heterocycles. The molecule has 1 saturated heterocycles. The minimum Gasteiger partial charge on any atom is -0.384 e. The zero-order valence-corrected chi connectivity index (χ0v) is 11.1. The van der Waals surface area contributed by atoms with Crippen molar-refractivity contribution in [1.82, 2.24) is 10.3 Å². The van der Waals surface area contributed by atoms with Crippen LogP contribution < -0.4 is 10.6 Å². The zero-order valence-electron chi connectivity index (χ0n) is 10.3. The van der Waals surface area contributed by atoms with E-state index < -0.39 is 0 Å². The lowest BCUT2D eigenvalue weighted by Crippen LogP contribution is -2.30. The van der Waals surface area contributed by atoms with Crippen LogP contribution in [0.25, 0.3) is 0 Å². The maximum atomic E-state index is 6.18. The van der Waals surface area contributed by atoms with E-state index in [0.29, 0.717) is 0 Å². The summed E-state index contributed by atoms with van der Waals surface area (Å²) in [6.45, 7) is 5.25. The Morgan fingerprint density at radius 1 is 1.59 bits per heavy atom. The Bertz CT molecular complexity index is 362. The molecule has 2 N–H and O–H groups in total. The smallest absolute Gasteiger partial charge is 0.0849 e. The summed E-state index contributed by atoms with van der Waals surface area (Å²) >= 11 is 6.18. The Labute approximate surface area is 108 Å². The first kappa shape index (κ1) is 12.7. The summed E-state index contributed by atoms with van der Waals surface area (Å²) in [5.41, 5.74) is 1.89. The van der Waals surface area contributed by atoms with Gasteiger partial charge in [0.25, 0.3) is 0 Å². The number of anilines is 1. The van der Waals surface area contributed by atoms with Crippen molar-refractivity contribution < 1.29 is 0 Å². The molecule has 0 saturated carbocycles. The van der Waals surface area contributed by atoms with Gasteiger partial charge in [-0.2, -0.15) is 0 Å². The number of aromatic nitrogens is 1. The Morgan fingerprint density at radius 2 is 2.47 bits per heavy atom. The van der Waals surface area contributed by atoms with E-state index in [2.05, 4.69) is 15.6 Å². The minimum atomic E-state index is 0.745. The molecule has 0 bridgehead atoms. The molecule has 1 aromatic heterocycles. The SMILES string of the molecule is Cc1nccc(NCCC2CCCNC2)c1Cl. The molecule has 0 spiro atoms. The lowest BCUT2D eigenvalue weighted by Gasteiger charge is -2.23. The van der Waals surface area contributed by atoms with Crippen LogP contribution in [0.3, 0.4) is 0 Å². The third-order valence-corrected chi connectivity index (χ3v) is 3.81. The highest BCUT2D eigenvalue weighted by Crippen LogP contribution is 2.23. The maximum Gasteiger partial charge on any atom is 0.0849 e. The van der Waals surface area contributed by atoms with Crippen molar-refractivity contribution in [2.45, 2.75) is 26.2 Å². The molecule has 0 aromatic carbocycles. The van der Waals surface area contributed by atoms with E-state index in [4.69, 9.17) is 11.6 Å². The number of rotatable bonds is 4. The van der Waals surface area contributed by atoms with Crippen LogP contribution in [0.5, 0.6) is 0 Å². The first-order chi connectivity index (χ1) is 8.27. The van der Waals surface area contributed by atoms with E-state index >= 15 is 0 Å². The third-order valence-electron chi connectivity index (χ3n) is 3.33. The normalized spacial score (nSPS) is 20.2. The van der Waals surface area contributed by atoms with Gasteiger partial charge < -0.3 is 10.6 Å². The molecule has 94 valence electrons. The summed E-state index contributed by atoms with van der Waals surface area (Å²) in [6, 6.07) is 1.94. The van der Waals surface area contributed by atoms with Gasteiger partial charge in [-0.25, -0.2) is 0 Å². The minimum absolute atomic E-state index is 0.745. The van der Waals surface area contributed by atoms with Crippen molar-refractivity contribution in [1.29, 1.82) is 0 Å². The van der Waals surface area contributed by atoms with Crippen LogP contribution in [0.4, 0.5) is 5.69 Å². The van der Waals surface area contributed by atoms with Gasteiger partial charge in [-0.3, -0.25) is 4.98 Å². The molecule has 0 aliphatic carbocycles. The topological polar surface area (TPSA) is 37.0 Å². The van der Waals surface area contributed by atoms with Gasteiger partial charge in [-0.15, -0.1) is 0 Å². The Balaban J connectivity index is 1.79. The number of aryl methyl sites for hydroxylation is 1. The van der Waals surface area contributed by atoms with E-state index in [1.165, 1.54) is 25.8 Å². The quantitative estimate of drug-likeness (QED) is 0.867. The van der Waals surface area contributed by atoms with Crippen LogP contribution in [-0.2, 0) is 0 Å². The van der Waals surface area contributed by atoms with Crippen molar-refractivity contribution in [3.8, 4) is 0 Å². The lowest BCUT2D eigenvalue weighted by atomic mass is 9.96.